The van der Waals surface area contributed by atoms with Crippen LogP contribution >= 0.6 is 11.6 Å². The van der Waals surface area contributed by atoms with Gasteiger partial charge in [-0.05, 0) is 24.6 Å². The van der Waals surface area contributed by atoms with Crippen molar-refractivity contribution in [2.75, 3.05) is 44.3 Å². The second-order valence-electron chi connectivity index (χ2n) is 4.75. The predicted octanol–water partition coefficient (Wildman–Crippen LogP) is 1.26. The molecule has 18 heavy (non-hydrogen) atoms. The Labute approximate surface area is 112 Å². The van der Waals surface area contributed by atoms with Crippen LogP contribution in [0.2, 0.25) is 5.02 Å². The third-order valence-corrected chi connectivity index (χ3v) is 3.82. The Morgan fingerprint density at radius 2 is 2.00 bits per heavy atom. The van der Waals surface area contributed by atoms with E-state index < -0.39 is 0 Å². The van der Waals surface area contributed by atoms with Crippen LogP contribution in [0.3, 0.4) is 0 Å². The number of pyridine rings is 1. The van der Waals surface area contributed by atoms with Crippen molar-refractivity contribution in [1.82, 2.24) is 10.3 Å². The summed E-state index contributed by atoms with van der Waals surface area (Å²) in [4.78, 5) is 7.02. The van der Waals surface area contributed by atoms with Gasteiger partial charge in [-0.1, -0.05) is 11.6 Å². The fourth-order valence-electron chi connectivity index (χ4n) is 2.54. The van der Waals surface area contributed by atoms with Crippen LogP contribution in [0.15, 0.2) is 6.07 Å². The molecule has 1 aromatic rings. The van der Waals surface area contributed by atoms with E-state index in [9.17, 15) is 0 Å². The van der Waals surface area contributed by atoms with Crippen LogP contribution < -0.4 is 10.2 Å². The van der Waals surface area contributed by atoms with E-state index in [0.29, 0.717) is 0 Å². The van der Waals surface area contributed by atoms with Gasteiger partial charge < -0.3 is 15.0 Å². The lowest BCUT2D eigenvalue weighted by Gasteiger charge is -2.29. The SMILES string of the molecule is Clc1cc2c(nc1N1CCOCC1)CCNCC2. The van der Waals surface area contributed by atoms with Gasteiger partial charge in [-0.3, -0.25) is 0 Å². The first-order chi connectivity index (χ1) is 8.84. The van der Waals surface area contributed by atoms with Crippen LogP contribution in [0.25, 0.3) is 0 Å². The Bertz CT molecular complexity index is 432. The van der Waals surface area contributed by atoms with Gasteiger partial charge in [0, 0.05) is 31.7 Å². The van der Waals surface area contributed by atoms with Gasteiger partial charge in [0.1, 0.15) is 5.82 Å². The number of fused-ring (bicyclic) bond motifs is 1. The summed E-state index contributed by atoms with van der Waals surface area (Å²) in [7, 11) is 0. The maximum absolute atomic E-state index is 6.38. The number of nitrogens with zero attached hydrogens (tertiary/aromatic N) is 2. The van der Waals surface area contributed by atoms with Crippen molar-refractivity contribution in [3.05, 3.63) is 22.3 Å². The van der Waals surface area contributed by atoms with Gasteiger partial charge in [-0.2, -0.15) is 0 Å². The predicted molar refractivity (Wildman–Crippen MR) is 72.6 cm³/mol. The zero-order chi connectivity index (χ0) is 12.4. The van der Waals surface area contributed by atoms with Crippen LogP contribution in [-0.2, 0) is 17.6 Å². The molecule has 98 valence electrons. The van der Waals surface area contributed by atoms with E-state index in [1.165, 1.54) is 11.3 Å². The highest BCUT2D eigenvalue weighted by Crippen LogP contribution is 2.27. The molecule has 2 aliphatic rings. The molecule has 4 nitrogen and oxygen atoms in total. The van der Waals surface area contributed by atoms with E-state index in [0.717, 1.165) is 63.1 Å². The standard InChI is InChI=1S/C13H18ClN3O/c14-11-9-10-1-3-15-4-2-12(10)16-13(11)17-5-7-18-8-6-17/h9,15H,1-8H2. The monoisotopic (exact) mass is 267 g/mol. The van der Waals surface area contributed by atoms with Crippen molar-refractivity contribution in [3.8, 4) is 0 Å². The molecular formula is C13H18ClN3O. The summed E-state index contributed by atoms with van der Waals surface area (Å²) in [5, 5.41) is 4.17. The average molecular weight is 268 g/mol. The number of hydrogen-bond acceptors (Lipinski definition) is 4. The summed E-state index contributed by atoms with van der Waals surface area (Å²) < 4.78 is 5.37. The summed E-state index contributed by atoms with van der Waals surface area (Å²) in [5.74, 6) is 0.931. The molecular weight excluding hydrogens is 250 g/mol. The van der Waals surface area contributed by atoms with Crippen molar-refractivity contribution >= 4 is 17.4 Å². The smallest absolute Gasteiger partial charge is 0.147 e. The highest BCUT2D eigenvalue weighted by atomic mass is 35.5. The molecule has 3 rings (SSSR count). The third-order valence-electron chi connectivity index (χ3n) is 3.55. The Morgan fingerprint density at radius 1 is 1.22 bits per heavy atom. The first kappa shape index (κ1) is 12.2. The minimum atomic E-state index is 0.761. The Balaban J connectivity index is 1.92. The lowest BCUT2D eigenvalue weighted by Crippen LogP contribution is -2.37. The van der Waals surface area contributed by atoms with Gasteiger partial charge in [0.05, 0.1) is 18.2 Å². The van der Waals surface area contributed by atoms with E-state index in [4.69, 9.17) is 21.3 Å². The molecule has 1 N–H and O–H groups in total. The first-order valence-corrected chi connectivity index (χ1v) is 6.94. The summed E-state index contributed by atoms with van der Waals surface area (Å²) in [6.07, 6.45) is 2.01. The topological polar surface area (TPSA) is 37.4 Å². The molecule has 5 heteroatoms. The lowest BCUT2D eigenvalue weighted by molar-refractivity contribution is 0.122. The van der Waals surface area contributed by atoms with Crippen molar-refractivity contribution in [2.45, 2.75) is 12.8 Å². The molecule has 0 aliphatic carbocycles. The molecule has 0 radical (unpaired) electrons. The highest BCUT2D eigenvalue weighted by Gasteiger charge is 2.19. The molecule has 0 unspecified atom stereocenters. The largest absolute Gasteiger partial charge is 0.378 e. The molecule has 0 spiro atoms. The minimum Gasteiger partial charge on any atom is -0.378 e. The van der Waals surface area contributed by atoms with E-state index in [1.54, 1.807) is 0 Å². The Morgan fingerprint density at radius 3 is 2.83 bits per heavy atom. The molecule has 0 atom stereocenters. The van der Waals surface area contributed by atoms with Gasteiger partial charge in [0.15, 0.2) is 0 Å². The maximum Gasteiger partial charge on any atom is 0.147 e. The van der Waals surface area contributed by atoms with Crippen molar-refractivity contribution in [2.24, 2.45) is 0 Å². The molecule has 0 amide bonds. The summed E-state index contributed by atoms with van der Waals surface area (Å²) >= 11 is 6.38. The summed E-state index contributed by atoms with van der Waals surface area (Å²) in [6, 6.07) is 2.10. The second-order valence-corrected chi connectivity index (χ2v) is 5.16. The van der Waals surface area contributed by atoms with E-state index in [2.05, 4.69) is 16.3 Å². The number of anilines is 1. The number of nitrogens with one attached hydrogen (secondary N) is 1. The number of aromatic nitrogens is 1. The molecule has 1 fully saturated rings. The molecule has 0 bridgehead atoms. The number of ether oxygens (including phenoxy) is 1. The van der Waals surface area contributed by atoms with Gasteiger partial charge in [0.2, 0.25) is 0 Å². The lowest BCUT2D eigenvalue weighted by atomic mass is 10.1. The van der Waals surface area contributed by atoms with Crippen LogP contribution in [0.5, 0.6) is 0 Å². The summed E-state index contributed by atoms with van der Waals surface area (Å²) in [6.45, 7) is 5.30. The fraction of sp³-hybridized carbons (Fsp3) is 0.615. The molecule has 0 saturated carbocycles. The molecule has 0 aromatic carbocycles. The molecule has 1 saturated heterocycles. The van der Waals surface area contributed by atoms with Gasteiger partial charge in [-0.25, -0.2) is 4.98 Å². The normalized spacial score (nSPS) is 20.4. The number of morpholine rings is 1. The van der Waals surface area contributed by atoms with Gasteiger partial charge in [-0.15, -0.1) is 0 Å². The maximum atomic E-state index is 6.38. The quantitative estimate of drug-likeness (QED) is 0.831. The Hall–Kier alpha value is -0.840. The first-order valence-electron chi connectivity index (χ1n) is 6.56. The summed E-state index contributed by atoms with van der Waals surface area (Å²) in [5.41, 5.74) is 2.49. The minimum absolute atomic E-state index is 0.761. The second kappa shape index (κ2) is 5.43. The number of hydrogen-bond donors (Lipinski definition) is 1. The van der Waals surface area contributed by atoms with Gasteiger partial charge >= 0.3 is 0 Å². The highest BCUT2D eigenvalue weighted by molar-refractivity contribution is 6.33. The molecule has 3 heterocycles. The fourth-order valence-corrected chi connectivity index (χ4v) is 2.83. The van der Waals surface area contributed by atoms with Crippen LogP contribution in [0.4, 0.5) is 5.82 Å². The van der Waals surface area contributed by atoms with Crippen molar-refractivity contribution < 1.29 is 4.74 Å². The van der Waals surface area contributed by atoms with E-state index in [-0.39, 0.29) is 0 Å². The van der Waals surface area contributed by atoms with Crippen LogP contribution in [0, 0.1) is 0 Å². The van der Waals surface area contributed by atoms with E-state index >= 15 is 0 Å². The van der Waals surface area contributed by atoms with E-state index in [1.807, 2.05) is 0 Å². The average Bonchev–Trinajstić information content (AvgIpc) is 2.63. The van der Waals surface area contributed by atoms with Crippen molar-refractivity contribution in [3.63, 3.8) is 0 Å². The number of halogens is 1. The number of rotatable bonds is 1. The zero-order valence-electron chi connectivity index (χ0n) is 10.4. The Kier molecular flexibility index (Phi) is 3.68. The molecule has 2 aliphatic heterocycles. The van der Waals surface area contributed by atoms with Crippen LogP contribution in [-0.4, -0.2) is 44.4 Å². The van der Waals surface area contributed by atoms with Crippen molar-refractivity contribution in [1.29, 1.82) is 0 Å². The van der Waals surface area contributed by atoms with Crippen LogP contribution in [0.1, 0.15) is 11.3 Å². The zero-order valence-corrected chi connectivity index (χ0v) is 11.2. The molecule has 1 aromatic heterocycles. The van der Waals surface area contributed by atoms with Gasteiger partial charge in [0.25, 0.3) is 0 Å². The third kappa shape index (κ3) is 2.46.